The first-order valence-corrected chi connectivity index (χ1v) is 11.1. The number of hydrazone groups is 1. The molecule has 0 saturated carbocycles. The third kappa shape index (κ3) is 6.80. The summed E-state index contributed by atoms with van der Waals surface area (Å²) in [5.41, 5.74) is 2.97. The van der Waals surface area contributed by atoms with Crippen LogP contribution in [0.3, 0.4) is 0 Å². The van der Waals surface area contributed by atoms with Gasteiger partial charge in [0.05, 0.1) is 29.6 Å². The molecule has 0 aromatic heterocycles. The Balaban J connectivity index is 1.67. The first-order valence-electron chi connectivity index (χ1n) is 9.52. The zero-order valence-corrected chi connectivity index (χ0v) is 20.6. The Hall–Kier alpha value is -3.40. The summed E-state index contributed by atoms with van der Waals surface area (Å²) in [6.07, 6.45) is 1.24. The number of methoxy groups -OCH3 is 1. The summed E-state index contributed by atoms with van der Waals surface area (Å²) < 4.78 is 11.2. The van der Waals surface area contributed by atoms with Crippen molar-refractivity contribution in [1.82, 2.24) is 5.43 Å². The van der Waals surface area contributed by atoms with Crippen molar-refractivity contribution in [2.24, 2.45) is 5.10 Å². The number of carbonyl (C=O) groups is 3. The summed E-state index contributed by atoms with van der Waals surface area (Å²) in [5.74, 6) is -1.84. The lowest BCUT2D eigenvalue weighted by atomic mass is 10.2. The molecule has 3 rings (SSSR count). The van der Waals surface area contributed by atoms with Gasteiger partial charge >= 0.3 is 17.8 Å². The molecule has 0 spiro atoms. The molecule has 8 nitrogen and oxygen atoms in total. The molecule has 11 heteroatoms. The smallest absolute Gasteiger partial charge is 0.343 e. The van der Waals surface area contributed by atoms with Crippen LogP contribution in [-0.4, -0.2) is 31.1 Å². The van der Waals surface area contributed by atoms with Crippen molar-refractivity contribution < 1.29 is 23.9 Å². The summed E-state index contributed by atoms with van der Waals surface area (Å²) in [6, 6.07) is 15.7. The molecule has 0 aliphatic rings. The van der Waals surface area contributed by atoms with Crippen LogP contribution in [-0.2, 0) is 9.59 Å². The second-order valence-electron chi connectivity index (χ2n) is 6.58. The number of nitrogens with one attached hydrogen (secondary N) is 2. The normalized spacial score (nSPS) is 10.6. The fraction of sp³-hybridized carbons (Fsp3) is 0.0435. The lowest BCUT2D eigenvalue weighted by Gasteiger charge is -2.09. The zero-order chi connectivity index (χ0) is 24.7. The predicted octanol–water partition coefficient (Wildman–Crippen LogP) is 5.07. The van der Waals surface area contributed by atoms with Gasteiger partial charge in [0.1, 0.15) is 11.5 Å². The molecule has 2 N–H and O–H groups in total. The fourth-order valence-electron chi connectivity index (χ4n) is 2.58. The van der Waals surface area contributed by atoms with Crippen LogP contribution in [0.5, 0.6) is 11.5 Å². The van der Waals surface area contributed by atoms with E-state index in [2.05, 4.69) is 31.8 Å². The maximum absolute atomic E-state index is 12.5. The van der Waals surface area contributed by atoms with E-state index in [0.29, 0.717) is 26.4 Å². The summed E-state index contributed by atoms with van der Waals surface area (Å²) in [4.78, 5) is 36.7. The number of benzene rings is 3. The average Bonchev–Trinajstić information content (AvgIpc) is 2.82. The second-order valence-corrected chi connectivity index (χ2v) is 8.34. The minimum absolute atomic E-state index is 0.179. The van der Waals surface area contributed by atoms with Crippen molar-refractivity contribution in [2.75, 3.05) is 12.4 Å². The van der Waals surface area contributed by atoms with Gasteiger partial charge in [-0.25, -0.2) is 10.2 Å². The van der Waals surface area contributed by atoms with Crippen molar-refractivity contribution >= 4 is 68.8 Å². The van der Waals surface area contributed by atoms with E-state index >= 15 is 0 Å². The van der Waals surface area contributed by atoms with E-state index < -0.39 is 17.8 Å². The van der Waals surface area contributed by atoms with Gasteiger partial charge in [0.15, 0.2) is 0 Å². The number of halogens is 3. The average molecular weight is 565 g/mol. The first kappa shape index (κ1) is 25.2. The SMILES string of the molecule is COc1ccc(C(=O)Oc2ccc(Br)cc2C=NNC(=O)C(=O)Nc2cc(Cl)ccc2Cl)cc1. The predicted molar refractivity (Wildman–Crippen MR) is 133 cm³/mol. The second kappa shape index (κ2) is 11.6. The third-order valence-corrected chi connectivity index (χ3v) is 5.31. The van der Waals surface area contributed by atoms with Crippen molar-refractivity contribution in [3.05, 3.63) is 86.3 Å². The Morgan fingerprint density at radius 1 is 0.971 bits per heavy atom. The van der Waals surface area contributed by atoms with Crippen LogP contribution in [0.4, 0.5) is 5.69 Å². The number of anilines is 1. The number of amides is 2. The molecule has 34 heavy (non-hydrogen) atoms. The molecule has 0 aliphatic carbocycles. The highest BCUT2D eigenvalue weighted by Crippen LogP contribution is 2.25. The van der Waals surface area contributed by atoms with Gasteiger partial charge in [-0.15, -0.1) is 0 Å². The Morgan fingerprint density at radius 2 is 1.71 bits per heavy atom. The molecule has 3 aromatic carbocycles. The minimum atomic E-state index is -1.04. The molecule has 0 radical (unpaired) electrons. The van der Waals surface area contributed by atoms with E-state index in [-0.39, 0.29) is 16.5 Å². The van der Waals surface area contributed by atoms with Gasteiger partial charge in [-0.1, -0.05) is 39.1 Å². The minimum Gasteiger partial charge on any atom is -0.497 e. The molecule has 3 aromatic rings. The fourth-order valence-corrected chi connectivity index (χ4v) is 3.30. The molecular weight excluding hydrogens is 549 g/mol. The zero-order valence-electron chi connectivity index (χ0n) is 17.5. The summed E-state index contributed by atoms with van der Waals surface area (Å²) in [5, 5.41) is 6.67. The number of nitrogens with zero attached hydrogens (tertiary/aromatic N) is 1. The summed E-state index contributed by atoms with van der Waals surface area (Å²) in [6.45, 7) is 0. The van der Waals surface area contributed by atoms with E-state index in [4.69, 9.17) is 32.7 Å². The molecule has 0 bridgehead atoms. The Kier molecular flexibility index (Phi) is 8.64. The van der Waals surface area contributed by atoms with Crippen molar-refractivity contribution in [1.29, 1.82) is 0 Å². The van der Waals surface area contributed by atoms with Crippen LogP contribution in [0, 0.1) is 0 Å². The molecule has 0 aliphatic heterocycles. The Morgan fingerprint density at radius 3 is 2.41 bits per heavy atom. The van der Waals surface area contributed by atoms with Crippen molar-refractivity contribution in [3.63, 3.8) is 0 Å². The topological polar surface area (TPSA) is 106 Å². The molecule has 0 unspecified atom stereocenters. The number of hydrogen-bond acceptors (Lipinski definition) is 6. The van der Waals surface area contributed by atoms with Gasteiger partial charge in [-0.3, -0.25) is 9.59 Å². The Labute approximate surface area is 213 Å². The van der Waals surface area contributed by atoms with Crippen LogP contribution in [0.2, 0.25) is 10.0 Å². The highest BCUT2D eigenvalue weighted by Gasteiger charge is 2.15. The molecule has 0 atom stereocenters. The standard InChI is InChI=1S/C23H16BrCl2N3O5/c1-33-17-6-2-13(3-7-17)23(32)34-20-9-4-15(24)10-14(20)12-27-29-22(31)21(30)28-19-11-16(25)5-8-18(19)26/h2-12H,1H3,(H,28,30)(H,29,31). The number of rotatable bonds is 6. The maximum atomic E-state index is 12.5. The molecule has 2 amide bonds. The quantitative estimate of drug-likeness (QED) is 0.143. The van der Waals surface area contributed by atoms with Gasteiger partial charge in [0.2, 0.25) is 0 Å². The third-order valence-electron chi connectivity index (χ3n) is 4.25. The molecular formula is C23H16BrCl2N3O5. The van der Waals surface area contributed by atoms with Crippen LogP contribution in [0.15, 0.2) is 70.2 Å². The number of carbonyl (C=O) groups excluding carboxylic acids is 3. The van der Waals surface area contributed by atoms with Gasteiger partial charge < -0.3 is 14.8 Å². The van der Waals surface area contributed by atoms with Gasteiger partial charge in [-0.05, 0) is 60.7 Å². The van der Waals surface area contributed by atoms with Crippen LogP contribution < -0.4 is 20.2 Å². The molecule has 0 heterocycles. The molecule has 0 fully saturated rings. The summed E-state index contributed by atoms with van der Waals surface area (Å²) >= 11 is 15.2. The number of ether oxygens (including phenoxy) is 2. The maximum Gasteiger partial charge on any atom is 0.343 e. The molecule has 0 saturated heterocycles. The first-order chi connectivity index (χ1) is 16.3. The van der Waals surface area contributed by atoms with E-state index in [1.165, 1.54) is 25.5 Å². The van der Waals surface area contributed by atoms with Crippen molar-refractivity contribution in [2.45, 2.75) is 0 Å². The lowest BCUT2D eigenvalue weighted by Crippen LogP contribution is -2.32. The van der Waals surface area contributed by atoms with Gasteiger partial charge in [0.25, 0.3) is 0 Å². The number of esters is 1. The van der Waals surface area contributed by atoms with Crippen LogP contribution in [0.1, 0.15) is 15.9 Å². The van der Waals surface area contributed by atoms with E-state index in [9.17, 15) is 14.4 Å². The van der Waals surface area contributed by atoms with Crippen molar-refractivity contribution in [3.8, 4) is 11.5 Å². The summed E-state index contributed by atoms with van der Waals surface area (Å²) in [7, 11) is 1.52. The van der Waals surface area contributed by atoms with Crippen LogP contribution in [0.25, 0.3) is 0 Å². The lowest BCUT2D eigenvalue weighted by molar-refractivity contribution is -0.136. The Bertz CT molecular complexity index is 1270. The number of hydrogen-bond donors (Lipinski definition) is 2. The van der Waals surface area contributed by atoms with E-state index in [1.807, 2.05) is 0 Å². The monoisotopic (exact) mass is 563 g/mol. The van der Waals surface area contributed by atoms with E-state index in [1.54, 1.807) is 48.5 Å². The van der Waals surface area contributed by atoms with E-state index in [0.717, 1.165) is 0 Å². The van der Waals surface area contributed by atoms with Gasteiger partial charge in [0, 0.05) is 15.1 Å². The van der Waals surface area contributed by atoms with Crippen LogP contribution >= 0.6 is 39.1 Å². The molecule has 174 valence electrons. The highest BCUT2D eigenvalue weighted by molar-refractivity contribution is 9.10. The van der Waals surface area contributed by atoms with Gasteiger partial charge in [-0.2, -0.15) is 5.10 Å². The largest absolute Gasteiger partial charge is 0.497 e. The highest BCUT2D eigenvalue weighted by atomic mass is 79.9.